The molecule has 3 N–H and O–H groups in total. The van der Waals surface area contributed by atoms with Gasteiger partial charge in [0.15, 0.2) is 0 Å². The minimum absolute atomic E-state index is 0.0122. The summed E-state index contributed by atoms with van der Waals surface area (Å²) in [6, 6.07) is -0.542. The first-order chi connectivity index (χ1) is 33.0. The van der Waals surface area contributed by atoms with Gasteiger partial charge in [-0.2, -0.15) is 0 Å². The van der Waals surface area contributed by atoms with Crippen molar-refractivity contribution < 1.29 is 24.5 Å². The molecule has 0 bridgehead atoms. The summed E-state index contributed by atoms with van der Waals surface area (Å²) in [6.07, 6.45) is 69.1. The van der Waals surface area contributed by atoms with Crippen LogP contribution in [0.3, 0.4) is 0 Å². The summed E-state index contributed by atoms with van der Waals surface area (Å²) in [4.78, 5) is 24.4. The molecule has 0 saturated heterocycles. The van der Waals surface area contributed by atoms with Gasteiger partial charge in [0.25, 0.3) is 0 Å². The van der Waals surface area contributed by atoms with Crippen molar-refractivity contribution in [1.82, 2.24) is 5.32 Å². The Balaban J connectivity index is 3.39. The first-order valence-electron chi connectivity index (χ1n) is 30.1. The molecule has 0 aliphatic carbocycles. The van der Waals surface area contributed by atoms with Crippen LogP contribution in [-0.4, -0.2) is 47.4 Å². The third-order valence-electron chi connectivity index (χ3n) is 14.0. The zero-order chi connectivity index (χ0) is 48.6. The molecule has 0 rings (SSSR count). The molecule has 0 heterocycles. The second-order valence-electron chi connectivity index (χ2n) is 20.7. The number of aliphatic hydroxyl groups is 2. The number of ether oxygens (including phenoxy) is 1. The van der Waals surface area contributed by atoms with E-state index in [9.17, 15) is 19.8 Å². The van der Waals surface area contributed by atoms with Crippen LogP contribution in [0.5, 0.6) is 0 Å². The lowest BCUT2D eigenvalue weighted by Crippen LogP contribution is -2.45. The molecule has 1 amide bonds. The molecule has 67 heavy (non-hydrogen) atoms. The minimum atomic E-state index is -0.664. The van der Waals surface area contributed by atoms with Crippen LogP contribution in [0.1, 0.15) is 328 Å². The topological polar surface area (TPSA) is 95.9 Å². The minimum Gasteiger partial charge on any atom is -0.466 e. The lowest BCUT2D eigenvalue weighted by molar-refractivity contribution is -0.143. The third kappa shape index (κ3) is 53.5. The average molecular weight is 945 g/mol. The van der Waals surface area contributed by atoms with E-state index in [4.69, 9.17) is 4.74 Å². The number of aliphatic hydroxyl groups excluding tert-OH is 2. The number of carbonyl (C=O) groups excluding carboxylic acids is 2. The van der Waals surface area contributed by atoms with E-state index in [2.05, 4.69) is 43.5 Å². The normalized spacial score (nSPS) is 12.7. The monoisotopic (exact) mass is 944 g/mol. The first-order valence-corrected chi connectivity index (χ1v) is 30.1. The van der Waals surface area contributed by atoms with E-state index in [-0.39, 0.29) is 18.5 Å². The van der Waals surface area contributed by atoms with Crippen molar-refractivity contribution in [2.45, 2.75) is 341 Å². The highest BCUT2D eigenvalue weighted by atomic mass is 16.5. The molecule has 0 aromatic carbocycles. The summed E-state index contributed by atoms with van der Waals surface area (Å²) in [6.45, 7) is 4.95. The standard InChI is InChI=1S/C61H117NO5/c1-3-5-7-9-11-13-15-31-35-39-43-47-51-55-61(66)67-56-52-48-44-40-36-33-30-28-26-24-22-20-18-16-17-19-21-23-25-27-29-32-34-38-42-46-50-54-60(65)62-58(57-63)59(64)53-49-45-41-37-14-12-10-8-6-4-2/h16-17,20,22,58-59,63-64H,3-15,18-19,21,23-57H2,1-2H3,(H,62,65)/b17-16-,22-20-. The van der Waals surface area contributed by atoms with Crippen molar-refractivity contribution in [3.05, 3.63) is 24.3 Å². The smallest absolute Gasteiger partial charge is 0.305 e. The highest BCUT2D eigenvalue weighted by Crippen LogP contribution is 2.17. The van der Waals surface area contributed by atoms with E-state index in [0.29, 0.717) is 25.9 Å². The molecule has 0 radical (unpaired) electrons. The van der Waals surface area contributed by atoms with Crippen molar-refractivity contribution in [1.29, 1.82) is 0 Å². The molecule has 0 aliphatic rings. The van der Waals surface area contributed by atoms with Gasteiger partial charge in [-0.15, -0.1) is 0 Å². The SMILES string of the molecule is CCCCCCCCCCCCCCCC(=O)OCCCCCCCCCCC/C=C\C/C=C\CCCCCCCCCCCCCC(=O)NC(CO)C(O)CCCCCCCCCCCC. The summed E-state index contributed by atoms with van der Waals surface area (Å²) in [5, 5.41) is 23.1. The average Bonchev–Trinajstić information content (AvgIpc) is 3.33. The molecule has 0 fully saturated rings. The predicted molar refractivity (Wildman–Crippen MR) is 292 cm³/mol. The van der Waals surface area contributed by atoms with Crippen LogP contribution in [-0.2, 0) is 14.3 Å². The van der Waals surface area contributed by atoms with Crippen LogP contribution in [0.2, 0.25) is 0 Å². The maximum atomic E-state index is 12.4. The van der Waals surface area contributed by atoms with E-state index in [1.165, 1.54) is 250 Å². The zero-order valence-electron chi connectivity index (χ0n) is 45.1. The van der Waals surface area contributed by atoms with Crippen LogP contribution < -0.4 is 5.32 Å². The second kappa shape index (κ2) is 56.9. The van der Waals surface area contributed by atoms with Gasteiger partial charge in [-0.25, -0.2) is 0 Å². The molecule has 0 spiro atoms. The van der Waals surface area contributed by atoms with E-state index in [1.54, 1.807) is 0 Å². The predicted octanol–water partition coefficient (Wildman–Crippen LogP) is 18.6. The summed E-state index contributed by atoms with van der Waals surface area (Å²) >= 11 is 0. The van der Waals surface area contributed by atoms with Gasteiger partial charge in [0.1, 0.15) is 0 Å². The molecule has 0 aromatic rings. The van der Waals surface area contributed by atoms with Crippen LogP contribution >= 0.6 is 0 Å². The molecule has 0 aliphatic heterocycles. The molecule has 6 heteroatoms. The lowest BCUT2D eigenvalue weighted by atomic mass is 10.0. The Morgan fingerprint density at radius 2 is 0.746 bits per heavy atom. The van der Waals surface area contributed by atoms with Gasteiger partial charge in [-0.3, -0.25) is 9.59 Å². The summed E-state index contributed by atoms with van der Waals surface area (Å²) < 4.78 is 5.47. The van der Waals surface area contributed by atoms with Crippen molar-refractivity contribution >= 4 is 11.9 Å². The number of hydrogen-bond donors (Lipinski definition) is 3. The maximum Gasteiger partial charge on any atom is 0.305 e. The van der Waals surface area contributed by atoms with E-state index in [1.807, 2.05) is 0 Å². The van der Waals surface area contributed by atoms with Crippen molar-refractivity contribution in [3.63, 3.8) is 0 Å². The fraction of sp³-hybridized carbons (Fsp3) is 0.902. The number of allylic oxidation sites excluding steroid dienone is 4. The number of carbonyl (C=O) groups is 2. The Morgan fingerprint density at radius 3 is 1.13 bits per heavy atom. The Bertz CT molecular complexity index is 1040. The molecular formula is C61H117NO5. The highest BCUT2D eigenvalue weighted by Gasteiger charge is 2.20. The van der Waals surface area contributed by atoms with E-state index in [0.717, 1.165) is 44.9 Å². The maximum absolute atomic E-state index is 12.4. The Morgan fingerprint density at radius 1 is 0.418 bits per heavy atom. The molecule has 0 saturated carbocycles. The number of rotatable bonds is 56. The number of nitrogens with one attached hydrogen (secondary N) is 1. The largest absolute Gasteiger partial charge is 0.466 e. The van der Waals surface area contributed by atoms with Crippen molar-refractivity contribution in [2.75, 3.05) is 13.2 Å². The Hall–Kier alpha value is -1.66. The lowest BCUT2D eigenvalue weighted by Gasteiger charge is -2.22. The molecule has 6 nitrogen and oxygen atoms in total. The van der Waals surface area contributed by atoms with Gasteiger partial charge in [0.05, 0.1) is 25.4 Å². The fourth-order valence-electron chi connectivity index (χ4n) is 9.38. The molecule has 2 atom stereocenters. The van der Waals surface area contributed by atoms with Gasteiger partial charge in [-0.05, 0) is 57.8 Å². The summed E-state index contributed by atoms with van der Waals surface area (Å²) in [5.74, 6) is -0.0268. The third-order valence-corrected chi connectivity index (χ3v) is 14.0. The quantitative estimate of drug-likeness (QED) is 0.0321. The number of esters is 1. The van der Waals surface area contributed by atoms with Crippen LogP contribution in [0.15, 0.2) is 24.3 Å². The van der Waals surface area contributed by atoms with Gasteiger partial charge in [0.2, 0.25) is 5.91 Å². The van der Waals surface area contributed by atoms with Crippen molar-refractivity contribution in [3.8, 4) is 0 Å². The molecular weight excluding hydrogens is 827 g/mol. The molecule has 0 aromatic heterocycles. The second-order valence-corrected chi connectivity index (χ2v) is 20.7. The highest BCUT2D eigenvalue weighted by molar-refractivity contribution is 5.76. The number of hydrogen-bond acceptors (Lipinski definition) is 5. The van der Waals surface area contributed by atoms with Crippen LogP contribution in [0.4, 0.5) is 0 Å². The summed E-state index contributed by atoms with van der Waals surface area (Å²) in [5.41, 5.74) is 0. The molecule has 396 valence electrons. The van der Waals surface area contributed by atoms with Crippen LogP contribution in [0, 0.1) is 0 Å². The van der Waals surface area contributed by atoms with E-state index >= 15 is 0 Å². The fourth-order valence-corrected chi connectivity index (χ4v) is 9.38. The van der Waals surface area contributed by atoms with Gasteiger partial charge in [0, 0.05) is 12.8 Å². The van der Waals surface area contributed by atoms with Gasteiger partial charge >= 0.3 is 5.97 Å². The number of amides is 1. The van der Waals surface area contributed by atoms with Crippen LogP contribution in [0.25, 0.3) is 0 Å². The molecule has 2 unspecified atom stereocenters. The van der Waals surface area contributed by atoms with Crippen molar-refractivity contribution in [2.24, 2.45) is 0 Å². The Kier molecular flexibility index (Phi) is 55.5. The Labute approximate surface area is 418 Å². The van der Waals surface area contributed by atoms with Gasteiger partial charge < -0.3 is 20.3 Å². The zero-order valence-corrected chi connectivity index (χ0v) is 45.1. The first kappa shape index (κ1) is 65.3. The number of unbranched alkanes of at least 4 members (excludes halogenated alkanes) is 41. The van der Waals surface area contributed by atoms with Gasteiger partial charge in [-0.1, -0.05) is 282 Å². The van der Waals surface area contributed by atoms with E-state index < -0.39 is 12.1 Å². The summed E-state index contributed by atoms with van der Waals surface area (Å²) in [7, 11) is 0.